The zero-order chi connectivity index (χ0) is 11.0. The van der Waals surface area contributed by atoms with Crippen LogP contribution in [0.4, 0.5) is 0 Å². The number of aryl methyl sites for hydroxylation is 1. The molecule has 0 saturated heterocycles. The molecular weight excluding hydrogens is 214 g/mol. The van der Waals surface area contributed by atoms with Crippen molar-refractivity contribution < 1.29 is 9.21 Å². The third-order valence-electron chi connectivity index (χ3n) is 2.30. The summed E-state index contributed by atoms with van der Waals surface area (Å²) in [5, 5.41) is 1.51. The molecule has 1 heterocycles. The molecular formula is C11H10ClNO2. The van der Waals surface area contributed by atoms with E-state index in [1.807, 2.05) is 13.0 Å². The van der Waals surface area contributed by atoms with E-state index in [1.54, 1.807) is 12.3 Å². The van der Waals surface area contributed by atoms with E-state index in [2.05, 4.69) is 0 Å². The summed E-state index contributed by atoms with van der Waals surface area (Å²) in [7, 11) is 0. The molecule has 0 fully saturated rings. The normalized spacial score (nSPS) is 10.8. The zero-order valence-electron chi connectivity index (χ0n) is 8.21. The first kappa shape index (κ1) is 10.1. The molecule has 0 atom stereocenters. The Morgan fingerprint density at radius 3 is 2.93 bits per heavy atom. The van der Waals surface area contributed by atoms with Gasteiger partial charge in [-0.05, 0) is 24.6 Å². The molecule has 4 heteroatoms. The average molecular weight is 224 g/mol. The van der Waals surface area contributed by atoms with Crippen molar-refractivity contribution in [2.24, 2.45) is 5.73 Å². The molecule has 15 heavy (non-hydrogen) atoms. The molecule has 2 aromatic rings. The fourth-order valence-corrected chi connectivity index (χ4v) is 1.69. The first-order valence-electron chi connectivity index (χ1n) is 4.52. The number of furan rings is 1. The van der Waals surface area contributed by atoms with Crippen molar-refractivity contribution in [2.45, 2.75) is 13.3 Å². The van der Waals surface area contributed by atoms with E-state index in [0.29, 0.717) is 5.02 Å². The lowest BCUT2D eigenvalue weighted by molar-refractivity contribution is -0.117. The van der Waals surface area contributed by atoms with Crippen molar-refractivity contribution in [1.82, 2.24) is 0 Å². The monoisotopic (exact) mass is 223 g/mol. The second-order valence-electron chi connectivity index (χ2n) is 3.50. The molecule has 3 nitrogen and oxygen atoms in total. The van der Waals surface area contributed by atoms with Gasteiger partial charge in [0.1, 0.15) is 5.58 Å². The van der Waals surface area contributed by atoms with Gasteiger partial charge in [0.05, 0.1) is 12.7 Å². The van der Waals surface area contributed by atoms with Gasteiger partial charge in [-0.15, -0.1) is 0 Å². The predicted molar refractivity (Wildman–Crippen MR) is 58.9 cm³/mol. The van der Waals surface area contributed by atoms with Crippen LogP contribution in [0.3, 0.4) is 0 Å². The summed E-state index contributed by atoms with van der Waals surface area (Å²) < 4.78 is 5.32. The summed E-state index contributed by atoms with van der Waals surface area (Å²) in [6.45, 7) is 1.90. The summed E-state index contributed by atoms with van der Waals surface area (Å²) in [6, 6.07) is 3.65. The molecule has 2 rings (SSSR count). The topological polar surface area (TPSA) is 56.2 Å². The molecule has 0 unspecified atom stereocenters. The standard InChI is InChI=1S/C11H10ClNO2/c1-6-2-10-8(4-9(6)12)7(5-15-10)3-11(13)14/h2,4-5H,3H2,1H3,(H2,13,14). The molecule has 0 aliphatic rings. The van der Waals surface area contributed by atoms with Crippen molar-refractivity contribution in [3.8, 4) is 0 Å². The third-order valence-corrected chi connectivity index (χ3v) is 2.71. The minimum absolute atomic E-state index is 0.173. The van der Waals surface area contributed by atoms with Gasteiger partial charge in [0, 0.05) is 16.0 Å². The van der Waals surface area contributed by atoms with Gasteiger partial charge in [0.15, 0.2) is 0 Å². The fourth-order valence-electron chi connectivity index (χ4n) is 1.53. The van der Waals surface area contributed by atoms with E-state index in [1.165, 1.54) is 0 Å². The number of rotatable bonds is 2. The van der Waals surface area contributed by atoms with Gasteiger partial charge in [-0.2, -0.15) is 0 Å². The SMILES string of the molecule is Cc1cc2occ(CC(N)=O)c2cc1Cl. The van der Waals surface area contributed by atoms with Crippen LogP contribution in [-0.4, -0.2) is 5.91 Å². The van der Waals surface area contributed by atoms with Gasteiger partial charge in [0.2, 0.25) is 5.91 Å². The highest BCUT2D eigenvalue weighted by atomic mass is 35.5. The molecule has 0 aliphatic heterocycles. The first-order valence-corrected chi connectivity index (χ1v) is 4.90. The molecule has 0 saturated carbocycles. The number of carbonyl (C=O) groups excluding carboxylic acids is 1. The Balaban J connectivity index is 2.59. The number of amides is 1. The molecule has 1 aromatic heterocycles. The van der Waals surface area contributed by atoms with E-state index in [4.69, 9.17) is 21.8 Å². The second kappa shape index (κ2) is 3.59. The van der Waals surface area contributed by atoms with Crippen LogP contribution in [-0.2, 0) is 11.2 Å². The largest absolute Gasteiger partial charge is 0.464 e. The van der Waals surface area contributed by atoms with Crippen molar-refractivity contribution in [3.63, 3.8) is 0 Å². The molecule has 1 amide bonds. The highest BCUT2D eigenvalue weighted by Gasteiger charge is 2.10. The van der Waals surface area contributed by atoms with Crippen LogP contribution in [0.15, 0.2) is 22.8 Å². The minimum Gasteiger partial charge on any atom is -0.464 e. The summed E-state index contributed by atoms with van der Waals surface area (Å²) in [6.07, 6.45) is 1.72. The van der Waals surface area contributed by atoms with Gasteiger partial charge in [-0.1, -0.05) is 11.6 Å². The van der Waals surface area contributed by atoms with Gasteiger partial charge in [-0.3, -0.25) is 4.79 Å². The molecule has 0 aliphatic carbocycles. The highest BCUT2D eigenvalue weighted by molar-refractivity contribution is 6.32. The quantitative estimate of drug-likeness (QED) is 0.850. The van der Waals surface area contributed by atoms with Gasteiger partial charge in [-0.25, -0.2) is 0 Å². The van der Waals surface area contributed by atoms with Crippen LogP contribution >= 0.6 is 11.6 Å². The summed E-state index contributed by atoms with van der Waals surface area (Å²) in [5.41, 5.74) is 7.58. The molecule has 1 aromatic carbocycles. The smallest absolute Gasteiger partial charge is 0.221 e. The maximum absolute atomic E-state index is 10.8. The van der Waals surface area contributed by atoms with Gasteiger partial charge in [0.25, 0.3) is 0 Å². The van der Waals surface area contributed by atoms with Crippen LogP contribution in [0.5, 0.6) is 0 Å². The van der Waals surface area contributed by atoms with Crippen molar-refractivity contribution in [2.75, 3.05) is 0 Å². The molecule has 0 radical (unpaired) electrons. The van der Waals surface area contributed by atoms with Crippen LogP contribution in [0.1, 0.15) is 11.1 Å². The molecule has 2 N–H and O–H groups in total. The lowest BCUT2D eigenvalue weighted by Gasteiger charge is -1.98. The lowest BCUT2D eigenvalue weighted by Crippen LogP contribution is -2.13. The van der Waals surface area contributed by atoms with Gasteiger partial charge >= 0.3 is 0 Å². The molecule has 0 spiro atoms. The van der Waals surface area contributed by atoms with Gasteiger partial charge < -0.3 is 10.2 Å². The first-order chi connectivity index (χ1) is 7.08. The van der Waals surface area contributed by atoms with Crippen molar-refractivity contribution in [3.05, 3.63) is 34.5 Å². The number of carbonyl (C=O) groups is 1. The minimum atomic E-state index is -0.380. The Morgan fingerprint density at radius 1 is 1.53 bits per heavy atom. The number of hydrogen-bond donors (Lipinski definition) is 1. The van der Waals surface area contributed by atoms with E-state index in [9.17, 15) is 4.79 Å². The zero-order valence-corrected chi connectivity index (χ0v) is 8.97. The van der Waals surface area contributed by atoms with Crippen LogP contribution < -0.4 is 5.73 Å². The van der Waals surface area contributed by atoms with Crippen LogP contribution in [0.25, 0.3) is 11.0 Å². The van der Waals surface area contributed by atoms with Crippen molar-refractivity contribution >= 4 is 28.5 Å². The number of hydrogen-bond acceptors (Lipinski definition) is 2. The molecule has 78 valence electrons. The Morgan fingerprint density at radius 2 is 2.27 bits per heavy atom. The molecule has 0 bridgehead atoms. The van der Waals surface area contributed by atoms with E-state index >= 15 is 0 Å². The summed E-state index contributed by atoms with van der Waals surface area (Å²) in [4.78, 5) is 10.8. The van der Waals surface area contributed by atoms with E-state index < -0.39 is 0 Å². The Bertz CT molecular complexity index is 531. The number of halogens is 1. The summed E-state index contributed by atoms with van der Waals surface area (Å²) >= 11 is 6.00. The van der Waals surface area contributed by atoms with Crippen molar-refractivity contribution in [1.29, 1.82) is 0 Å². The van der Waals surface area contributed by atoms with Crippen LogP contribution in [0.2, 0.25) is 5.02 Å². The Kier molecular flexibility index (Phi) is 2.40. The maximum Gasteiger partial charge on any atom is 0.221 e. The Hall–Kier alpha value is -1.48. The second-order valence-corrected chi connectivity index (χ2v) is 3.91. The highest BCUT2D eigenvalue weighted by Crippen LogP contribution is 2.27. The maximum atomic E-state index is 10.8. The number of benzene rings is 1. The number of primary amides is 1. The number of fused-ring (bicyclic) bond motifs is 1. The predicted octanol–water partition coefficient (Wildman–Crippen LogP) is 2.42. The fraction of sp³-hybridized carbons (Fsp3) is 0.182. The van der Waals surface area contributed by atoms with E-state index in [-0.39, 0.29) is 12.3 Å². The van der Waals surface area contributed by atoms with E-state index in [0.717, 1.165) is 22.1 Å². The third kappa shape index (κ3) is 1.83. The summed E-state index contributed by atoms with van der Waals surface area (Å²) in [5.74, 6) is -0.380. The lowest BCUT2D eigenvalue weighted by atomic mass is 10.1. The van der Waals surface area contributed by atoms with Crippen LogP contribution in [0, 0.1) is 6.92 Å². The Labute approximate surface area is 91.8 Å². The number of nitrogens with two attached hydrogens (primary N) is 1. The average Bonchev–Trinajstić information content (AvgIpc) is 2.49.